The molecule has 0 bridgehead atoms. The third-order valence-corrected chi connectivity index (χ3v) is 3.88. The lowest BCUT2D eigenvalue weighted by molar-refractivity contribution is -0.386. The molecular weight excluding hydrogens is 354 g/mol. The molecular formula is C14H15N3O7S. The summed E-state index contributed by atoms with van der Waals surface area (Å²) in [6.45, 7) is -0.418. The van der Waals surface area contributed by atoms with Crippen molar-refractivity contribution in [2.24, 2.45) is 4.40 Å². The third kappa shape index (κ3) is 4.92. The SMILES string of the molecule is C#CCOc1c([N+](=O)[O-])cc(C(=O)OC)cc1S(=O)(=O)N=CN(C)C. The molecule has 0 atom stereocenters. The van der Waals surface area contributed by atoms with Crippen LogP contribution >= 0.6 is 0 Å². The summed E-state index contributed by atoms with van der Waals surface area (Å²) in [6.07, 6.45) is 6.04. The quantitative estimate of drug-likeness (QED) is 0.171. The van der Waals surface area contributed by atoms with Crippen LogP contribution in [0.2, 0.25) is 0 Å². The number of rotatable bonds is 7. The molecule has 0 saturated carbocycles. The Morgan fingerprint density at radius 2 is 2.12 bits per heavy atom. The zero-order chi connectivity index (χ0) is 19.2. The predicted octanol–water partition coefficient (Wildman–Crippen LogP) is 0.672. The van der Waals surface area contributed by atoms with Gasteiger partial charge >= 0.3 is 11.7 Å². The van der Waals surface area contributed by atoms with Gasteiger partial charge in [0.05, 0.1) is 17.6 Å². The van der Waals surface area contributed by atoms with E-state index in [1.165, 1.54) is 19.0 Å². The zero-order valence-corrected chi connectivity index (χ0v) is 14.4. The standard InChI is InChI=1S/C14H15N3O7S/c1-5-6-24-13-11(17(19)20)7-10(14(18)23-4)8-12(13)25(21,22)15-9-16(2)3/h1,7-9H,6H2,2-4H3. The molecule has 25 heavy (non-hydrogen) atoms. The number of terminal acetylenes is 1. The third-order valence-electron chi connectivity index (χ3n) is 2.65. The lowest BCUT2D eigenvalue weighted by Gasteiger charge is -2.11. The largest absolute Gasteiger partial charge is 0.473 e. The molecule has 10 nitrogen and oxygen atoms in total. The fourth-order valence-electron chi connectivity index (χ4n) is 1.62. The maximum Gasteiger partial charge on any atom is 0.338 e. The van der Waals surface area contributed by atoms with Crippen LogP contribution in [0.15, 0.2) is 21.4 Å². The highest BCUT2D eigenvalue weighted by atomic mass is 32.2. The van der Waals surface area contributed by atoms with Crippen molar-refractivity contribution in [3.8, 4) is 18.1 Å². The predicted molar refractivity (Wildman–Crippen MR) is 88.1 cm³/mol. The number of hydrogen-bond acceptors (Lipinski definition) is 7. The molecule has 0 aliphatic heterocycles. The van der Waals surface area contributed by atoms with E-state index in [0.717, 1.165) is 25.6 Å². The van der Waals surface area contributed by atoms with E-state index in [0.29, 0.717) is 0 Å². The van der Waals surface area contributed by atoms with Gasteiger partial charge in [-0.3, -0.25) is 10.1 Å². The van der Waals surface area contributed by atoms with Gasteiger partial charge in [-0.15, -0.1) is 10.8 Å². The monoisotopic (exact) mass is 369 g/mol. The molecule has 1 aromatic rings. The maximum atomic E-state index is 12.4. The zero-order valence-electron chi connectivity index (χ0n) is 13.6. The van der Waals surface area contributed by atoms with Crippen LogP contribution in [-0.2, 0) is 14.8 Å². The van der Waals surface area contributed by atoms with Gasteiger partial charge in [0.1, 0.15) is 17.8 Å². The fourth-order valence-corrected chi connectivity index (χ4v) is 2.72. The second-order valence-corrected chi connectivity index (χ2v) is 6.32. The molecule has 0 N–H and O–H groups in total. The maximum absolute atomic E-state index is 12.4. The lowest BCUT2D eigenvalue weighted by atomic mass is 10.2. The first-order valence-corrected chi connectivity index (χ1v) is 8.02. The van der Waals surface area contributed by atoms with Gasteiger partial charge in [-0.2, -0.15) is 8.42 Å². The van der Waals surface area contributed by atoms with Gasteiger partial charge in [0, 0.05) is 20.2 Å². The summed E-state index contributed by atoms with van der Waals surface area (Å²) in [6, 6.07) is 1.72. The van der Waals surface area contributed by atoms with Crippen molar-refractivity contribution in [2.45, 2.75) is 4.90 Å². The van der Waals surface area contributed by atoms with Crippen molar-refractivity contribution in [1.29, 1.82) is 0 Å². The first-order chi connectivity index (χ1) is 11.6. The minimum absolute atomic E-state index is 0.346. The summed E-state index contributed by atoms with van der Waals surface area (Å²) in [7, 11) is -0.304. The fraction of sp³-hybridized carbons (Fsp3) is 0.286. The van der Waals surface area contributed by atoms with Crippen LogP contribution in [0.4, 0.5) is 5.69 Å². The van der Waals surface area contributed by atoms with E-state index in [-0.39, 0.29) is 5.56 Å². The van der Waals surface area contributed by atoms with Crippen molar-refractivity contribution in [2.75, 3.05) is 27.8 Å². The Kier molecular flexibility index (Phi) is 6.46. The molecule has 11 heteroatoms. The highest BCUT2D eigenvalue weighted by molar-refractivity contribution is 7.90. The van der Waals surface area contributed by atoms with Crippen LogP contribution in [0, 0.1) is 22.5 Å². The Morgan fingerprint density at radius 3 is 2.60 bits per heavy atom. The number of nitro benzene ring substituents is 1. The number of ether oxygens (including phenoxy) is 2. The molecule has 0 radical (unpaired) electrons. The molecule has 0 aromatic heterocycles. The van der Waals surface area contributed by atoms with Gasteiger partial charge in [-0.25, -0.2) is 4.79 Å². The topological polar surface area (TPSA) is 128 Å². The lowest BCUT2D eigenvalue weighted by Crippen LogP contribution is -2.13. The van der Waals surface area contributed by atoms with Gasteiger partial charge in [-0.1, -0.05) is 5.92 Å². The summed E-state index contributed by atoms with van der Waals surface area (Å²) in [5.41, 5.74) is -1.10. The number of benzene rings is 1. The number of carbonyl (C=O) groups is 1. The van der Waals surface area contributed by atoms with Gasteiger partial charge in [0.15, 0.2) is 0 Å². The first kappa shape index (κ1) is 19.9. The van der Waals surface area contributed by atoms with Crippen molar-refractivity contribution in [3.05, 3.63) is 27.8 Å². The Bertz CT molecular complexity index is 854. The molecule has 1 aromatic carbocycles. The number of sulfonamides is 1. The van der Waals surface area contributed by atoms with Crippen molar-refractivity contribution in [3.63, 3.8) is 0 Å². The van der Waals surface area contributed by atoms with E-state index >= 15 is 0 Å². The summed E-state index contributed by atoms with van der Waals surface area (Å²) < 4.78 is 37.8. The van der Waals surface area contributed by atoms with Gasteiger partial charge in [0.25, 0.3) is 10.0 Å². The second-order valence-electron chi connectivity index (χ2n) is 4.72. The summed E-state index contributed by atoms with van der Waals surface area (Å²) >= 11 is 0. The molecule has 0 saturated heterocycles. The normalized spacial score (nSPS) is 11.0. The summed E-state index contributed by atoms with van der Waals surface area (Å²) in [5, 5.41) is 11.3. The van der Waals surface area contributed by atoms with Crippen LogP contribution < -0.4 is 4.74 Å². The number of methoxy groups -OCH3 is 1. The molecule has 0 heterocycles. The molecule has 0 amide bonds. The highest BCUT2D eigenvalue weighted by Gasteiger charge is 2.30. The summed E-state index contributed by atoms with van der Waals surface area (Å²) in [5.74, 6) is 0.518. The number of nitrogens with zero attached hydrogens (tertiary/aromatic N) is 3. The number of esters is 1. The van der Waals surface area contributed by atoms with Crippen molar-refractivity contribution < 1.29 is 27.6 Å². The Hall–Kier alpha value is -3.13. The second kappa shape index (κ2) is 8.11. The first-order valence-electron chi connectivity index (χ1n) is 6.58. The van der Waals surface area contributed by atoms with E-state index in [1.54, 1.807) is 0 Å². The molecule has 1 rings (SSSR count). The number of carbonyl (C=O) groups excluding carboxylic acids is 1. The minimum Gasteiger partial charge on any atom is -0.473 e. The number of hydrogen-bond donors (Lipinski definition) is 0. The van der Waals surface area contributed by atoms with Crippen LogP contribution in [0.25, 0.3) is 0 Å². The van der Waals surface area contributed by atoms with Gasteiger partial charge in [-0.05, 0) is 6.07 Å². The average molecular weight is 369 g/mol. The van der Waals surface area contributed by atoms with Crippen LogP contribution in [0.5, 0.6) is 5.75 Å². The van der Waals surface area contributed by atoms with E-state index in [2.05, 4.69) is 15.1 Å². The van der Waals surface area contributed by atoms with E-state index < -0.39 is 43.9 Å². The number of nitro groups is 1. The average Bonchev–Trinajstić information content (AvgIpc) is 2.56. The van der Waals surface area contributed by atoms with Crippen LogP contribution in [-0.4, -0.2) is 58.4 Å². The smallest absolute Gasteiger partial charge is 0.338 e. The van der Waals surface area contributed by atoms with Gasteiger partial charge < -0.3 is 14.4 Å². The minimum atomic E-state index is -4.41. The van der Waals surface area contributed by atoms with E-state index in [4.69, 9.17) is 11.2 Å². The van der Waals surface area contributed by atoms with E-state index in [9.17, 15) is 23.3 Å². The molecule has 0 aliphatic rings. The Morgan fingerprint density at radius 1 is 1.48 bits per heavy atom. The van der Waals surface area contributed by atoms with Crippen molar-refractivity contribution >= 4 is 28.0 Å². The Labute approximate surface area is 144 Å². The Balaban J connectivity index is 3.76. The molecule has 134 valence electrons. The van der Waals surface area contributed by atoms with Crippen LogP contribution in [0.3, 0.4) is 0 Å². The van der Waals surface area contributed by atoms with Crippen LogP contribution in [0.1, 0.15) is 10.4 Å². The molecule has 0 aliphatic carbocycles. The van der Waals surface area contributed by atoms with Gasteiger partial charge in [0.2, 0.25) is 5.75 Å². The highest BCUT2D eigenvalue weighted by Crippen LogP contribution is 2.36. The summed E-state index contributed by atoms with van der Waals surface area (Å²) in [4.78, 5) is 22.8. The molecule has 0 fully saturated rings. The molecule has 0 spiro atoms. The van der Waals surface area contributed by atoms with E-state index in [1.807, 2.05) is 0 Å². The molecule has 0 unspecified atom stereocenters. The van der Waals surface area contributed by atoms with Crippen molar-refractivity contribution in [1.82, 2.24) is 4.90 Å².